The molecule has 0 fully saturated rings. The first-order valence-electron chi connectivity index (χ1n) is 18.1. The van der Waals surface area contributed by atoms with Gasteiger partial charge in [0.2, 0.25) is 0 Å². The third-order valence-corrected chi connectivity index (χ3v) is 10.4. The Kier molecular flexibility index (Phi) is 6.75. The molecule has 0 atom stereocenters. The number of benzene rings is 7. The van der Waals surface area contributed by atoms with Crippen LogP contribution in [0.15, 0.2) is 182 Å². The monoisotopic (exact) mass is 690 g/mol. The quantitative estimate of drug-likeness (QED) is 0.180. The van der Waals surface area contributed by atoms with Crippen LogP contribution in [-0.2, 0) is 0 Å². The minimum atomic E-state index is 0.571. The molecule has 0 bridgehead atoms. The van der Waals surface area contributed by atoms with Crippen LogP contribution in [-0.4, -0.2) is 29.1 Å². The topological polar surface area (TPSA) is 61.4 Å². The summed E-state index contributed by atoms with van der Waals surface area (Å²) in [7, 11) is 0. The van der Waals surface area contributed by atoms with E-state index in [2.05, 4.69) is 124 Å². The molecule has 6 nitrogen and oxygen atoms in total. The zero-order valence-electron chi connectivity index (χ0n) is 29.0. The Hall–Kier alpha value is -7.44. The van der Waals surface area contributed by atoms with Gasteiger partial charge in [0, 0.05) is 50.1 Å². The molecule has 11 aromatic rings. The number of para-hydroxylation sites is 2. The molecule has 0 amide bonds. The lowest BCUT2D eigenvalue weighted by Gasteiger charge is -2.12. The van der Waals surface area contributed by atoms with Gasteiger partial charge in [0.05, 0.1) is 22.1 Å². The molecular formula is C48H30N6. The molecule has 7 aromatic carbocycles. The summed E-state index contributed by atoms with van der Waals surface area (Å²) in [5, 5.41) is 7.20. The van der Waals surface area contributed by atoms with E-state index in [-0.39, 0.29) is 0 Å². The van der Waals surface area contributed by atoms with Gasteiger partial charge in [-0.25, -0.2) is 19.9 Å². The SMILES string of the molecule is c1ccc(-c2nc(-c3ccccc3)nc(-c3ccc(-n4c5ccc6ccccc6c5c5ccc6c7ccccc7n(-c7ccccc7)c6c54)nc3)n2)cc1. The van der Waals surface area contributed by atoms with E-state index < -0.39 is 0 Å². The third kappa shape index (κ3) is 4.67. The molecule has 0 aliphatic carbocycles. The molecule has 0 radical (unpaired) electrons. The zero-order valence-corrected chi connectivity index (χ0v) is 29.0. The predicted octanol–water partition coefficient (Wildman–Crippen LogP) is 11.6. The first-order valence-corrected chi connectivity index (χ1v) is 18.1. The number of pyridine rings is 1. The minimum absolute atomic E-state index is 0.571. The van der Waals surface area contributed by atoms with E-state index in [0.29, 0.717) is 17.5 Å². The standard InChI is InChI=1S/C48H30N6/c1-4-15-32(16-5-1)46-50-47(33-17-6-2-7-18-33)52-48(51-46)34-25-29-42(49-30-34)54-41-28-24-31-14-10-11-21-36(31)43(41)39-27-26-38-37-22-12-13-23-40(37)53(44(38)45(39)54)35-19-8-3-9-20-35/h1-30H. The van der Waals surface area contributed by atoms with Gasteiger partial charge in [-0.15, -0.1) is 0 Å². The number of hydrogen-bond acceptors (Lipinski definition) is 4. The number of fused-ring (bicyclic) bond motifs is 9. The van der Waals surface area contributed by atoms with Crippen LogP contribution >= 0.6 is 0 Å². The molecule has 4 aromatic heterocycles. The fourth-order valence-electron chi connectivity index (χ4n) is 7.99. The molecule has 0 saturated carbocycles. The van der Waals surface area contributed by atoms with E-state index in [4.69, 9.17) is 19.9 Å². The van der Waals surface area contributed by atoms with Crippen LogP contribution in [0.25, 0.3) is 100 Å². The maximum atomic E-state index is 5.20. The summed E-state index contributed by atoms with van der Waals surface area (Å²) in [6, 6.07) is 61.3. The van der Waals surface area contributed by atoms with Gasteiger partial charge < -0.3 is 4.57 Å². The summed E-state index contributed by atoms with van der Waals surface area (Å²) in [5.41, 5.74) is 8.29. The van der Waals surface area contributed by atoms with Gasteiger partial charge in [-0.2, -0.15) is 0 Å². The van der Waals surface area contributed by atoms with Crippen LogP contribution in [0.5, 0.6) is 0 Å². The highest BCUT2D eigenvalue weighted by atomic mass is 15.1. The smallest absolute Gasteiger partial charge is 0.165 e. The first-order chi connectivity index (χ1) is 26.8. The molecule has 0 spiro atoms. The van der Waals surface area contributed by atoms with Gasteiger partial charge in [0.1, 0.15) is 5.82 Å². The molecule has 0 aliphatic heterocycles. The van der Waals surface area contributed by atoms with Crippen molar-refractivity contribution in [2.75, 3.05) is 0 Å². The Morgan fingerprint density at radius 1 is 0.352 bits per heavy atom. The van der Waals surface area contributed by atoms with E-state index in [1.54, 1.807) is 0 Å². The second kappa shape index (κ2) is 12.1. The Morgan fingerprint density at radius 2 is 0.926 bits per heavy atom. The minimum Gasteiger partial charge on any atom is -0.307 e. The fourth-order valence-corrected chi connectivity index (χ4v) is 7.99. The van der Waals surface area contributed by atoms with Crippen LogP contribution in [0.3, 0.4) is 0 Å². The van der Waals surface area contributed by atoms with E-state index in [1.807, 2.05) is 66.9 Å². The van der Waals surface area contributed by atoms with Crippen molar-refractivity contribution in [2.45, 2.75) is 0 Å². The van der Waals surface area contributed by atoms with E-state index in [9.17, 15) is 0 Å². The Balaban J connectivity index is 1.19. The lowest BCUT2D eigenvalue weighted by molar-refractivity contribution is 1.05. The second-order valence-corrected chi connectivity index (χ2v) is 13.5. The van der Waals surface area contributed by atoms with Gasteiger partial charge >= 0.3 is 0 Å². The maximum absolute atomic E-state index is 5.20. The van der Waals surface area contributed by atoms with E-state index >= 15 is 0 Å². The van der Waals surface area contributed by atoms with E-state index in [1.165, 1.54) is 32.3 Å². The molecule has 0 aliphatic rings. The summed E-state index contributed by atoms with van der Waals surface area (Å²) < 4.78 is 4.74. The van der Waals surface area contributed by atoms with Crippen molar-refractivity contribution in [1.29, 1.82) is 0 Å². The molecule has 0 unspecified atom stereocenters. The maximum Gasteiger partial charge on any atom is 0.165 e. The summed E-state index contributed by atoms with van der Waals surface area (Å²) >= 11 is 0. The van der Waals surface area contributed by atoms with Gasteiger partial charge in [0.15, 0.2) is 17.5 Å². The van der Waals surface area contributed by atoms with Gasteiger partial charge in [-0.05, 0) is 47.2 Å². The fraction of sp³-hybridized carbons (Fsp3) is 0. The Morgan fingerprint density at radius 3 is 1.61 bits per heavy atom. The highest BCUT2D eigenvalue weighted by Gasteiger charge is 2.23. The van der Waals surface area contributed by atoms with Crippen LogP contribution in [0.4, 0.5) is 0 Å². The van der Waals surface area contributed by atoms with Crippen molar-refractivity contribution in [3.8, 4) is 45.7 Å². The zero-order chi connectivity index (χ0) is 35.6. The lowest BCUT2D eigenvalue weighted by Crippen LogP contribution is -2.02. The Labute approximate surface area is 310 Å². The summed E-state index contributed by atoms with van der Waals surface area (Å²) in [6.45, 7) is 0. The number of aromatic nitrogens is 6. The second-order valence-electron chi connectivity index (χ2n) is 13.5. The Bertz CT molecular complexity index is 3130. The van der Waals surface area contributed by atoms with Gasteiger partial charge in [-0.1, -0.05) is 140 Å². The van der Waals surface area contributed by atoms with Crippen molar-refractivity contribution in [3.05, 3.63) is 182 Å². The number of hydrogen-bond donors (Lipinski definition) is 0. The summed E-state index contributed by atoms with van der Waals surface area (Å²) in [4.78, 5) is 20.0. The molecule has 54 heavy (non-hydrogen) atoms. The van der Waals surface area contributed by atoms with Crippen molar-refractivity contribution >= 4 is 54.4 Å². The van der Waals surface area contributed by atoms with Crippen molar-refractivity contribution in [2.24, 2.45) is 0 Å². The van der Waals surface area contributed by atoms with E-state index in [0.717, 1.165) is 50.3 Å². The molecule has 6 heteroatoms. The average molecular weight is 691 g/mol. The van der Waals surface area contributed by atoms with Crippen LogP contribution in [0.1, 0.15) is 0 Å². The summed E-state index contributed by atoms with van der Waals surface area (Å²) in [6.07, 6.45) is 1.89. The largest absolute Gasteiger partial charge is 0.307 e. The summed E-state index contributed by atoms with van der Waals surface area (Å²) in [5.74, 6) is 2.62. The molecular weight excluding hydrogens is 661 g/mol. The molecule has 11 rings (SSSR count). The van der Waals surface area contributed by atoms with Gasteiger partial charge in [0.25, 0.3) is 0 Å². The normalized spacial score (nSPS) is 11.7. The highest BCUT2D eigenvalue weighted by molar-refractivity contribution is 6.28. The third-order valence-electron chi connectivity index (χ3n) is 10.4. The van der Waals surface area contributed by atoms with Crippen LogP contribution in [0.2, 0.25) is 0 Å². The van der Waals surface area contributed by atoms with Crippen molar-refractivity contribution < 1.29 is 0 Å². The highest BCUT2D eigenvalue weighted by Crippen LogP contribution is 2.43. The van der Waals surface area contributed by atoms with Gasteiger partial charge in [-0.3, -0.25) is 4.57 Å². The van der Waals surface area contributed by atoms with Crippen molar-refractivity contribution in [3.63, 3.8) is 0 Å². The average Bonchev–Trinajstić information content (AvgIpc) is 3.78. The van der Waals surface area contributed by atoms with Crippen molar-refractivity contribution in [1.82, 2.24) is 29.1 Å². The molecule has 4 heterocycles. The molecule has 252 valence electrons. The van der Waals surface area contributed by atoms with Crippen LogP contribution < -0.4 is 0 Å². The first kappa shape index (κ1) is 30.2. The predicted molar refractivity (Wildman–Crippen MR) is 220 cm³/mol. The number of rotatable bonds is 5. The molecule has 0 saturated heterocycles. The lowest BCUT2D eigenvalue weighted by atomic mass is 10.0. The number of nitrogens with zero attached hydrogens (tertiary/aromatic N) is 6. The van der Waals surface area contributed by atoms with Crippen LogP contribution in [0, 0.1) is 0 Å². The molecule has 0 N–H and O–H groups in total.